The van der Waals surface area contributed by atoms with Crippen molar-refractivity contribution in [2.75, 3.05) is 0 Å². The molecule has 35 heavy (non-hydrogen) atoms. The fraction of sp³-hybridized carbons (Fsp3) is 0.0667. The molecular weight excluding hydrogens is 448 g/mol. The van der Waals surface area contributed by atoms with Crippen LogP contribution in [-0.2, 0) is 13.1 Å². The molecule has 0 unspecified atom stereocenters. The zero-order chi connectivity index (χ0) is 23.5. The van der Waals surface area contributed by atoms with E-state index in [1.165, 1.54) is 22.9 Å². The van der Waals surface area contributed by atoms with E-state index in [9.17, 15) is 0 Å². The van der Waals surface area contributed by atoms with E-state index in [1.807, 2.05) is 12.1 Å². The number of nitrogens with zero attached hydrogens (tertiary/aromatic N) is 4. The Balaban J connectivity index is 1.27. The summed E-state index contributed by atoms with van der Waals surface area (Å²) in [6.07, 6.45) is 8.52. The second kappa shape index (κ2) is 9.57. The fourth-order valence-electron chi connectivity index (χ4n) is 4.41. The van der Waals surface area contributed by atoms with Crippen molar-refractivity contribution >= 4 is 22.8 Å². The topological polar surface area (TPSA) is 33.5 Å². The maximum Gasteiger partial charge on any atom is 0.173 e. The summed E-state index contributed by atoms with van der Waals surface area (Å²) in [7, 11) is 0. The van der Waals surface area contributed by atoms with Gasteiger partial charge in [-0.15, -0.1) is 0 Å². The normalized spacial score (nSPS) is 11.1. The zero-order valence-corrected chi connectivity index (χ0v) is 20.0. The van der Waals surface area contributed by atoms with Crippen molar-refractivity contribution in [1.82, 2.24) is 8.75 Å². The highest BCUT2D eigenvalue weighted by Crippen LogP contribution is 2.33. The van der Waals surface area contributed by atoms with E-state index in [1.54, 1.807) is 0 Å². The number of hydrogen-bond donors (Lipinski definition) is 0. The van der Waals surface area contributed by atoms with Crippen molar-refractivity contribution in [3.05, 3.63) is 133 Å². The molecule has 0 bridgehead atoms. The minimum absolute atomic E-state index is 0.853. The lowest BCUT2D eigenvalue weighted by Crippen LogP contribution is -2.33. The van der Waals surface area contributed by atoms with Crippen LogP contribution in [0, 0.1) is 0 Å². The second-order valence-electron chi connectivity index (χ2n) is 8.61. The van der Waals surface area contributed by atoms with Gasteiger partial charge in [-0.05, 0) is 11.1 Å². The number of benzene rings is 3. The Morgan fingerprint density at radius 2 is 0.886 bits per heavy atom. The highest BCUT2D eigenvalue weighted by molar-refractivity contribution is 7.00. The zero-order valence-electron chi connectivity index (χ0n) is 19.2. The first-order valence-corrected chi connectivity index (χ1v) is 12.4. The SMILES string of the molecule is c1ccc(C[n+]2ccc(-c3ccc(-c4cc[n+](Cc5ccccc5)cc4)c4nsnc34)cc2)cc1. The molecule has 0 amide bonds. The van der Waals surface area contributed by atoms with Crippen molar-refractivity contribution in [2.24, 2.45) is 0 Å². The molecule has 168 valence electrons. The van der Waals surface area contributed by atoms with Gasteiger partial charge in [0.1, 0.15) is 11.0 Å². The van der Waals surface area contributed by atoms with Crippen molar-refractivity contribution in [2.45, 2.75) is 13.1 Å². The number of aromatic nitrogens is 4. The Bertz CT molecular complexity index is 1440. The van der Waals surface area contributed by atoms with Crippen molar-refractivity contribution in [3.63, 3.8) is 0 Å². The van der Waals surface area contributed by atoms with Crippen LogP contribution in [0.5, 0.6) is 0 Å². The van der Waals surface area contributed by atoms with Crippen LogP contribution in [-0.4, -0.2) is 8.75 Å². The number of fused-ring (bicyclic) bond motifs is 1. The van der Waals surface area contributed by atoms with Gasteiger partial charge >= 0.3 is 0 Å². The minimum Gasteiger partial charge on any atom is -0.201 e. The molecule has 5 heteroatoms. The Kier molecular flexibility index (Phi) is 5.83. The first-order chi connectivity index (χ1) is 17.3. The second-order valence-corrected chi connectivity index (χ2v) is 9.14. The van der Waals surface area contributed by atoms with Gasteiger partial charge in [-0.25, -0.2) is 9.13 Å². The van der Waals surface area contributed by atoms with E-state index in [-0.39, 0.29) is 0 Å². The minimum atomic E-state index is 0.853. The van der Waals surface area contributed by atoms with Gasteiger partial charge in [0, 0.05) is 46.5 Å². The van der Waals surface area contributed by atoms with Crippen LogP contribution in [0.3, 0.4) is 0 Å². The Morgan fingerprint density at radius 3 is 1.29 bits per heavy atom. The summed E-state index contributed by atoms with van der Waals surface area (Å²) in [6.45, 7) is 1.71. The lowest BCUT2D eigenvalue weighted by Gasteiger charge is -2.07. The summed E-state index contributed by atoms with van der Waals surface area (Å²) in [5.74, 6) is 0. The van der Waals surface area contributed by atoms with E-state index in [0.717, 1.165) is 46.4 Å². The van der Waals surface area contributed by atoms with Crippen LogP contribution in [0.4, 0.5) is 0 Å². The standard InChI is InChI=1S/C30H24N4S/c1-3-7-23(8-4-1)21-33-17-13-25(14-18-33)27-11-12-28(30-29(27)31-35-32-30)26-15-19-34(20-16-26)22-24-9-5-2-6-10-24/h1-20H,21-22H2/q+2. The van der Waals surface area contributed by atoms with Crippen molar-refractivity contribution in [1.29, 1.82) is 0 Å². The Labute approximate surface area is 208 Å². The molecule has 0 saturated carbocycles. The molecule has 6 rings (SSSR count). The van der Waals surface area contributed by atoms with E-state index in [4.69, 9.17) is 0 Å². The molecule has 0 aliphatic carbocycles. The summed E-state index contributed by atoms with van der Waals surface area (Å²) in [6, 6.07) is 34.0. The van der Waals surface area contributed by atoms with Gasteiger partial charge in [0.2, 0.25) is 0 Å². The van der Waals surface area contributed by atoms with Crippen LogP contribution >= 0.6 is 11.7 Å². The van der Waals surface area contributed by atoms with Crippen LogP contribution in [0.25, 0.3) is 33.3 Å². The molecule has 0 saturated heterocycles. The first-order valence-electron chi connectivity index (χ1n) is 11.7. The lowest BCUT2D eigenvalue weighted by molar-refractivity contribution is -0.688. The number of pyridine rings is 2. The molecule has 0 aliphatic heterocycles. The highest BCUT2D eigenvalue weighted by Gasteiger charge is 2.15. The maximum atomic E-state index is 4.66. The predicted molar refractivity (Wildman–Crippen MR) is 140 cm³/mol. The highest BCUT2D eigenvalue weighted by atomic mass is 32.1. The van der Waals surface area contributed by atoms with Crippen LogP contribution < -0.4 is 9.13 Å². The van der Waals surface area contributed by atoms with Crippen molar-refractivity contribution in [3.8, 4) is 22.3 Å². The van der Waals surface area contributed by atoms with Gasteiger partial charge in [-0.3, -0.25) is 0 Å². The van der Waals surface area contributed by atoms with Crippen molar-refractivity contribution < 1.29 is 9.13 Å². The van der Waals surface area contributed by atoms with E-state index in [2.05, 4.69) is 128 Å². The van der Waals surface area contributed by atoms with Crippen LogP contribution in [0.1, 0.15) is 11.1 Å². The third kappa shape index (κ3) is 4.59. The molecule has 0 spiro atoms. The van der Waals surface area contributed by atoms with E-state index < -0.39 is 0 Å². The number of rotatable bonds is 6. The summed E-state index contributed by atoms with van der Waals surface area (Å²) in [5.41, 5.74) is 8.99. The smallest absolute Gasteiger partial charge is 0.173 e. The third-order valence-corrected chi connectivity index (χ3v) is 6.76. The molecule has 6 aromatic rings. The maximum absolute atomic E-state index is 4.66. The average Bonchev–Trinajstić information content (AvgIpc) is 3.41. The van der Waals surface area contributed by atoms with Crippen LogP contribution in [0.2, 0.25) is 0 Å². The summed E-state index contributed by atoms with van der Waals surface area (Å²) >= 11 is 1.27. The molecule has 3 heterocycles. The molecule has 4 nitrogen and oxygen atoms in total. The van der Waals surface area contributed by atoms with Gasteiger partial charge in [-0.1, -0.05) is 72.8 Å². The molecule has 0 atom stereocenters. The summed E-state index contributed by atoms with van der Waals surface area (Å²) < 4.78 is 13.7. The predicted octanol–water partition coefficient (Wildman–Crippen LogP) is 5.70. The largest absolute Gasteiger partial charge is 0.201 e. The van der Waals surface area contributed by atoms with E-state index >= 15 is 0 Å². The number of hydrogen-bond acceptors (Lipinski definition) is 3. The van der Waals surface area contributed by atoms with Gasteiger partial charge < -0.3 is 0 Å². The third-order valence-electron chi connectivity index (χ3n) is 6.24. The fourth-order valence-corrected chi connectivity index (χ4v) is 4.98. The van der Waals surface area contributed by atoms with E-state index in [0.29, 0.717) is 0 Å². The van der Waals surface area contributed by atoms with Gasteiger partial charge in [-0.2, -0.15) is 8.75 Å². The molecule has 0 aliphatic rings. The molecule has 0 N–H and O–H groups in total. The summed E-state index contributed by atoms with van der Waals surface area (Å²) in [5, 5.41) is 0. The quantitative estimate of drug-likeness (QED) is 0.292. The molecule has 0 radical (unpaired) electrons. The lowest BCUT2D eigenvalue weighted by atomic mass is 9.99. The summed E-state index contributed by atoms with van der Waals surface area (Å²) in [4.78, 5) is 0. The monoisotopic (exact) mass is 472 g/mol. The average molecular weight is 473 g/mol. The van der Waals surface area contributed by atoms with Gasteiger partial charge in [0.15, 0.2) is 37.9 Å². The Morgan fingerprint density at radius 1 is 0.486 bits per heavy atom. The van der Waals surface area contributed by atoms with Crippen LogP contribution in [0.15, 0.2) is 122 Å². The van der Waals surface area contributed by atoms with Gasteiger partial charge in [0.25, 0.3) is 0 Å². The van der Waals surface area contributed by atoms with Gasteiger partial charge in [0.05, 0.1) is 11.7 Å². The first kappa shape index (κ1) is 21.3. The Hall–Kier alpha value is -4.22. The molecular formula is C30H24N4S+2. The molecule has 3 aromatic heterocycles. The molecule has 3 aromatic carbocycles. The molecule has 0 fully saturated rings.